The lowest BCUT2D eigenvalue weighted by Gasteiger charge is -2.21. The van der Waals surface area contributed by atoms with Crippen LogP contribution in [-0.4, -0.2) is 36.7 Å². The molecular weight excluding hydrogens is 302 g/mol. The molecule has 3 N–H and O–H groups in total. The average molecular weight is 319 g/mol. The third-order valence-electron chi connectivity index (χ3n) is 3.37. The van der Waals surface area contributed by atoms with Crippen molar-refractivity contribution in [3.8, 4) is 0 Å². The molecule has 0 aliphatic heterocycles. The summed E-state index contributed by atoms with van der Waals surface area (Å²) in [6.07, 6.45) is 3.23. The van der Waals surface area contributed by atoms with Crippen LogP contribution >= 0.6 is 11.3 Å². The van der Waals surface area contributed by atoms with E-state index in [-0.39, 0.29) is 9.77 Å². The number of aliphatic hydroxyl groups is 1. The second kappa shape index (κ2) is 6.21. The summed E-state index contributed by atoms with van der Waals surface area (Å²) in [6.45, 7) is 0. The highest BCUT2D eigenvalue weighted by atomic mass is 32.2. The van der Waals surface area contributed by atoms with Gasteiger partial charge in [0.15, 0.2) is 0 Å². The third-order valence-corrected chi connectivity index (χ3v) is 6.30. The Bertz CT molecular complexity index is 580. The van der Waals surface area contributed by atoms with Crippen LogP contribution < -0.4 is 4.72 Å². The molecule has 0 spiro atoms. The number of carboxylic acid groups (broad SMARTS) is 1. The van der Waals surface area contributed by atoms with Crippen LogP contribution in [0.25, 0.3) is 0 Å². The van der Waals surface area contributed by atoms with Gasteiger partial charge in [-0.1, -0.05) is 19.3 Å². The summed E-state index contributed by atoms with van der Waals surface area (Å²) in [6, 6.07) is 0.635. The maximum Gasteiger partial charge on any atom is 0.336 e. The Hall–Kier alpha value is -0.960. The predicted molar refractivity (Wildman–Crippen MR) is 74.5 cm³/mol. The zero-order valence-corrected chi connectivity index (χ0v) is 12.4. The molecule has 2 atom stereocenters. The second-order valence-electron chi connectivity index (χ2n) is 4.89. The highest BCUT2D eigenvalue weighted by molar-refractivity contribution is 7.91. The van der Waals surface area contributed by atoms with Crippen molar-refractivity contribution in [1.82, 2.24) is 4.72 Å². The molecule has 0 aromatic carbocycles. The minimum atomic E-state index is -3.78. The van der Waals surface area contributed by atoms with E-state index in [0.717, 1.165) is 36.7 Å². The molecule has 1 aromatic rings. The van der Waals surface area contributed by atoms with Gasteiger partial charge in [0.25, 0.3) is 0 Å². The Morgan fingerprint density at radius 1 is 1.30 bits per heavy atom. The van der Waals surface area contributed by atoms with Crippen molar-refractivity contribution in [2.24, 2.45) is 0 Å². The first kappa shape index (κ1) is 15.4. The predicted octanol–water partition coefficient (Wildman–Crippen LogP) is 1.42. The Kier molecular flexibility index (Phi) is 4.79. The zero-order valence-electron chi connectivity index (χ0n) is 10.8. The standard InChI is InChI=1S/C12H17NO5S2/c14-10-5-3-1-2-4-9(10)13-20(17,18)11-6-8(7-19-11)12(15)16/h6-7,9-10,13-14H,1-5H2,(H,15,16). The van der Waals surface area contributed by atoms with E-state index in [1.54, 1.807) is 0 Å². The van der Waals surface area contributed by atoms with Crippen LogP contribution in [0.3, 0.4) is 0 Å². The van der Waals surface area contributed by atoms with Crippen LogP contribution in [0.4, 0.5) is 0 Å². The first-order valence-electron chi connectivity index (χ1n) is 6.42. The molecule has 2 unspecified atom stereocenters. The average Bonchev–Trinajstić information content (AvgIpc) is 2.79. The van der Waals surface area contributed by atoms with Crippen molar-refractivity contribution < 1.29 is 23.4 Å². The van der Waals surface area contributed by atoms with E-state index in [2.05, 4.69) is 4.72 Å². The molecule has 6 nitrogen and oxygen atoms in total. The maximum absolute atomic E-state index is 12.2. The summed E-state index contributed by atoms with van der Waals surface area (Å²) in [7, 11) is -3.78. The molecule has 20 heavy (non-hydrogen) atoms. The van der Waals surface area contributed by atoms with Gasteiger partial charge in [-0.05, 0) is 18.9 Å². The van der Waals surface area contributed by atoms with Gasteiger partial charge in [0.05, 0.1) is 11.7 Å². The smallest absolute Gasteiger partial charge is 0.336 e. The summed E-state index contributed by atoms with van der Waals surface area (Å²) < 4.78 is 26.8. The molecule has 0 radical (unpaired) electrons. The zero-order chi connectivity index (χ0) is 14.8. The fraction of sp³-hybridized carbons (Fsp3) is 0.583. The van der Waals surface area contributed by atoms with Gasteiger partial charge in [-0.3, -0.25) is 0 Å². The first-order chi connectivity index (χ1) is 9.40. The molecule has 1 heterocycles. The molecule has 1 fully saturated rings. The van der Waals surface area contributed by atoms with Gasteiger partial charge in [0.1, 0.15) is 4.21 Å². The lowest BCUT2D eigenvalue weighted by atomic mass is 10.1. The molecule has 8 heteroatoms. The Morgan fingerprint density at radius 3 is 2.65 bits per heavy atom. The van der Waals surface area contributed by atoms with E-state index in [1.165, 1.54) is 5.38 Å². The summed E-state index contributed by atoms with van der Waals surface area (Å²) in [5.74, 6) is -1.16. The number of carbonyl (C=O) groups is 1. The SMILES string of the molecule is O=C(O)c1csc(S(=O)(=O)NC2CCCCCC2O)c1. The minimum absolute atomic E-state index is 0.0358. The number of rotatable bonds is 4. The molecular formula is C12H17NO5S2. The fourth-order valence-electron chi connectivity index (χ4n) is 2.25. The minimum Gasteiger partial charge on any atom is -0.478 e. The van der Waals surface area contributed by atoms with Crippen molar-refractivity contribution in [1.29, 1.82) is 0 Å². The number of carboxylic acids is 1. The molecule has 112 valence electrons. The Balaban J connectivity index is 2.15. The van der Waals surface area contributed by atoms with Crippen molar-refractivity contribution in [3.63, 3.8) is 0 Å². The number of hydrogen-bond acceptors (Lipinski definition) is 5. The third kappa shape index (κ3) is 3.57. The topological polar surface area (TPSA) is 104 Å². The highest BCUT2D eigenvalue weighted by Crippen LogP contribution is 2.23. The number of sulfonamides is 1. The summed E-state index contributed by atoms with van der Waals surface area (Å²) in [4.78, 5) is 10.8. The van der Waals surface area contributed by atoms with Crippen LogP contribution in [-0.2, 0) is 10.0 Å². The van der Waals surface area contributed by atoms with Crippen LogP contribution in [0.2, 0.25) is 0 Å². The van der Waals surface area contributed by atoms with Gasteiger partial charge in [0.2, 0.25) is 10.0 Å². The molecule has 0 saturated heterocycles. The molecule has 1 aliphatic carbocycles. The number of thiophene rings is 1. The van der Waals surface area contributed by atoms with Crippen LogP contribution in [0.1, 0.15) is 42.5 Å². The number of aliphatic hydroxyl groups excluding tert-OH is 1. The van der Waals surface area contributed by atoms with Gasteiger partial charge in [0, 0.05) is 11.4 Å². The number of aromatic carboxylic acids is 1. The molecule has 2 rings (SSSR count). The van der Waals surface area contributed by atoms with E-state index in [0.29, 0.717) is 12.8 Å². The van der Waals surface area contributed by atoms with Gasteiger partial charge >= 0.3 is 5.97 Å². The monoisotopic (exact) mass is 319 g/mol. The van der Waals surface area contributed by atoms with E-state index >= 15 is 0 Å². The Morgan fingerprint density at radius 2 is 2.00 bits per heavy atom. The first-order valence-corrected chi connectivity index (χ1v) is 8.78. The van der Waals surface area contributed by atoms with Gasteiger partial charge in [-0.25, -0.2) is 17.9 Å². The number of hydrogen-bond donors (Lipinski definition) is 3. The van der Waals surface area contributed by atoms with E-state index in [1.807, 2.05) is 0 Å². The quantitative estimate of drug-likeness (QED) is 0.728. The lowest BCUT2D eigenvalue weighted by molar-refractivity contribution is 0.0697. The van der Waals surface area contributed by atoms with Gasteiger partial charge in [-0.15, -0.1) is 11.3 Å². The molecule has 0 bridgehead atoms. The van der Waals surface area contributed by atoms with E-state index in [4.69, 9.17) is 5.11 Å². The van der Waals surface area contributed by atoms with Crippen molar-refractivity contribution in [3.05, 3.63) is 17.0 Å². The second-order valence-corrected chi connectivity index (χ2v) is 7.74. The summed E-state index contributed by atoms with van der Waals surface area (Å²) in [5.41, 5.74) is -0.0446. The van der Waals surface area contributed by atoms with Crippen LogP contribution in [0.15, 0.2) is 15.7 Å². The lowest BCUT2D eigenvalue weighted by Crippen LogP contribution is -2.42. The van der Waals surface area contributed by atoms with Crippen LogP contribution in [0.5, 0.6) is 0 Å². The molecule has 0 amide bonds. The van der Waals surface area contributed by atoms with Crippen molar-refractivity contribution in [2.45, 2.75) is 48.5 Å². The largest absolute Gasteiger partial charge is 0.478 e. The van der Waals surface area contributed by atoms with Crippen LogP contribution in [0, 0.1) is 0 Å². The van der Waals surface area contributed by atoms with Gasteiger partial charge in [-0.2, -0.15) is 0 Å². The van der Waals surface area contributed by atoms with Crippen molar-refractivity contribution in [2.75, 3.05) is 0 Å². The maximum atomic E-state index is 12.2. The fourth-order valence-corrected chi connectivity index (χ4v) is 4.73. The molecule has 1 aliphatic rings. The van der Waals surface area contributed by atoms with E-state index < -0.39 is 28.1 Å². The normalized spacial score (nSPS) is 24.2. The summed E-state index contributed by atoms with van der Waals surface area (Å²) in [5, 5.41) is 20.0. The molecule has 1 aromatic heterocycles. The molecule has 1 saturated carbocycles. The van der Waals surface area contributed by atoms with Crippen molar-refractivity contribution >= 4 is 27.3 Å². The summed E-state index contributed by atoms with van der Waals surface area (Å²) >= 11 is 0.867. The van der Waals surface area contributed by atoms with E-state index in [9.17, 15) is 18.3 Å². The van der Waals surface area contributed by atoms with Gasteiger partial charge < -0.3 is 10.2 Å². The Labute approximate surface area is 121 Å². The highest BCUT2D eigenvalue weighted by Gasteiger charge is 2.28. The number of nitrogens with one attached hydrogen (secondary N) is 1.